The maximum absolute atomic E-state index is 12.0. The van der Waals surface area contributed by atoms with Gasteiger partial charge in [-0.1, -0.05) is 0 Å². The number of nitrogens with zero attached hydrogens (tertiary/aromatic N) is 2. The Morgan fingerprint density at radius 1 is 1.22 bits per heavy atom. The normalized spacial score (nSPS) is 31.5. The van der Waals surface area contributed by atoms with Crippen molar-refractivity contribution >= 4 is 5.69 Å². The zero-order valence-corrected chi connectivity index (χ0v) is 12.3. The van der Waals surface area contributed by atoms with E-state index in [0.29, 0.717) is 26.3 Å². The van der Waals surface area contributed by atoms with Gasteiger partial charge in [0.05, 0.1) is 19.8 Å². The molecule has 3 heterocycles. The molecule has 2 aliphatic heterocycles. The SMILES string of the molecule is O=c1[nH]c(=O)n([C@@H]2O[C@@H](CO)[C@@H](O)[C@H]2O)cc1N1CCOCC1. The summed E-state index contributed by atoms with van der Waals surface area (Å²) < 4.78 is 11.6. The van der Waals surface area contributed by atoms with Gasteiger partial charge in [0.1, 0.15) is 24.0 Å². The summed E-state index contributed by atoms with van der Waals surface area (Å²) in [6, 6.07) is 0. The van der Waals surface area contributed by atoms with Crippen LogP contribution in [0.15, 0.2) is 15.8 Å². The number of aromatic nitrogens is 2. The predicted octanol–water partition coefficient (Wildman–Crippen LogP) is -3.02. The summed E-state index contributed by atoms with van der Waals surface area (Å²) in [5, 5.41) is 29.0. The van der Waals surface area contributed by atoms with Crippen molar-refractivity contribution in [1.82, 2.24) is 9.55 Å². The van der Waals surface area contributed by atoms with Crippen LogP contribution in [0.3, 0.4) is 0 Å². The first-order valence-electron chi connectivity index (χ1n) is 7.33. The van der Waals surface area contributed by atoms with Crippen LogP contribution in [0.2, 0.25) is 0 Å². The number of ether oxygens (including phenoxy) is 2. The third-order valence-corrected chi connectivity index (χ3v) is 4.09. The van der Waals surface area contributed by atoms with Crippen molar-refractivity contribution in [3.63, 3.8) is 0 Å². The number of rotatable bonds is 3. The van der Waals surface area contributed by atoms with E-state index in [2.05, 4.69) is 4.98 Å². The second kappa shape index (κ2) is 6.42. The molecule has 0 unspecified atom stereocenters. The summed E-state index contributed by atoms with van der Waals surface area (Å²) >= 11 is 0. The summed E-state index contributed by atoms with van der Waals surface area (Å²) in [5.41, 5.74) is -1.05. The highest BCUT2D eigenvalue weighted by molar-refractivity contribution is 5.42. The fourth-order valence-corrected chi connectivity index (χ4v) is 2.80. The van der Waals surface area contributed by atoms with Gasteiger partial charge in [-0.25, -0.2) is 4.79 Å². The maximum Gasteiger partial charge on any atom is 0.330 e. The number of H-pyrrole nitrogens is 1. The maximum atomic E-state index is 12.0. The Kier molecular flexibility index (Phi) is 4.50. The highest BCUT2D eigenvalue weighted by Gasteiger charge is 2.44. The van der Waals surface area contributed by atoms with Crippen LogP contribution < -0.4 is 16.1 Å². The summed E-state index contributed by atoms with van der Waals surface area (Å²) in [6.07, 6.45) is -3.61. The Labute approximate surface area is 130 Å². The molecule has 0 aromatic carbocycles. The van der Waals surface area contributed by atoms with Crippen molar-refractivity contribution in [2.75, 3.05) is 37.8 Å². The first kappa shape index (κ1) is 16.1. The molecule has 4 atom stereocenters. The van der Waals surface area contributed by atoms with Gasteiger partial charge in [0, 0.05) is 19.3 Å². The molecule has 0 aliphatic carbocycles. The summed E-state index contributed by atoms with van der Waals surface area (Å²) in [7, 11) is 0. The monoisotopic (exact) mass is 329 g/mol. The van der Waals surface area contributed by atoms with Crippen molar-refractivity contribution < 1.29 is 24.8 Å². The molecule has 128 valence electrons. The zero-order valence-electron chi connectivity index (χ0n) is 12.3. The average molecular weight is 329 g/mol. The van der Waals surface area contributed by atoms with Crippen molar-refractivity contribution in [3.05, 3.63) is 27.0 Å². The third kappa shape index (κ3) is 2.91. The molecule has 0 radical (unpaired) electrons. The Morgan fingerprint density at radius 3 is 2.52 bits per heavy atom. The summed E-state index contributed by atoms with van der Waals surface area (Å²) in [5.74, 6) is 0. The molecular weight excluding hydrogens is 310 g/mol. The highest BCUT2D eigenvalue weighted by atomic mass is 16.6. The van der Waals surface area contributed by atoms with E-state index < -0.39 is 42.4 Å². The molecule has 3 rings (SSSR count). The molecule has 1 aromatic rings. The molecule has 0 amide bonds. The van der Waals surface area contributed by atoms with Crippen molar-refractivity contribution in [1.29, 1.82) is 0 Å². The third-order valence-electron chi connectivity index (χ3n) is 4.09. The Bertz CT molecular complexity index is 666. The van der Waals surface area contributed by atoms with Crippen LogP contribution in [0.1, 0.15) is 6.23 Å². The van der Waals surface area contributed by atoms with Crippen LogP contribution in [0.5, 0.6) is 0 Å². The predicted molar refractivity (Wildman–Crippen MR) is 77.4 cm³/mol. The lowest BCUT2D eigenvalue weighted by atomic mass is 10.1. The second-order valence-corrected chi connectivity index (χ2v) is 5.51. The van der Waals surface area contributed by atoms with Gasteiger partial charge < -0.3 is 29.7 Å². The minimum Gasteiger partial charge on any atom is -0.394 e. The fourth-order valence-electron chi connectivity index (χ4n) is 2.80. The van der Waals surface area contributed by atoms with Gasteiger partial charge in [0.2, 0.25) is 0 Å². The van der Waals surface area contributed by atoms with Gasteiger partial charge in [0.25, 0.3) is 5.56 Å². The van der Waals surface area contributed by atoms with E-state index >= 15 is 0 Å². The molecule has 2 saturated heterocycles. The van der Waals surface area contributed by atoms with Crippen molar-refractivity contribution in [2.45, 2.75) is 24.5 Å². The molecule has 23 heavy (non-hydrogen) atoms. The molecule has 2 aliphatic rings. The fraction of sp³-hybridized carbons (Fsp3) is 0.692. The van der Waals surface area contributed by atoms with E-state index in [0.717, 1.165) is 4.57 Å². The molecular formula is C13H19N3O7. The van der Waals surface area contributed by atoms with Gasteiger partial charge in [0.15, 0.2) is 6.23 Å². The molecule has 0 spiro atoms. The largest absolute Gasteiger partial charge is 0.394 e. The lowest BCUT2D eigenvalue weighted by molar-refractivity contribution is -0.0549. The molecule has 10 nitrogen and oxygen atoms in total. The van der Waals surface area contributed by atoms with E-state index in [1.807, 2.05) is 0 Å². The molecule has 4 N–H and O–H groups in total. The lowest BCUT2D eigenvalue weighted by Gasteiger charge is -2.28. The van der Waals surface area contributed by atoms with Gasteiger partial charge in [-0.05, 0) is 0 Å². The number of hydrogen-bond donors (Lipinski definition) is 4. The Morgan fingerprint density at radius 2 is 1.91 bits per heavy atom. The van der Waals surface area contributed by atoms with Crippen LogP contribution >= 0.6 is 0 Å². The van der Waals surface area contributed by atoms with Crippen molar-refractivity contribution in [3.8, 4) is 0 Å². The molecule has 0 bridgehead atoms. The number of morpholine rings is 1. The lowest BCUT2D eigenvalue weighted by Crippen LogP contribution is -2.43. The second-order valence-electron chi connectivity index (χ2n) is 5.51. The molecule has 2 fully saturated rings. The van der Waals surface area contributed by atoms with Crippen LogP contribution in [0.25, 0.3) is 0 Å². The topological polar surface area (TPSA) is 137 Å². The minimum atomic E-state index is -1.40. The Balaban J connectivity index is 1.96. The van der Waals surface area contributed by atoms with Crippen LogP contribution in [0, 0.1) is 0 Å². The van der Waals surface area contributed by atoms with E-state index in [1.54, 1.807) is 4.90 Å². The Hall–Kier alpha value is -1.72. The van der Waals surface area contributed by atoms with Crippen LogP contribution in [-0.4, -0.2) is 76.1 Å². The van der Waals surface area contributed by atoms with Gasteiger partial charge >= 0.3 is 5.69 Å². The molecule has 0 saturated carbocycles. The summed E-state index contributed by atoms with van der Waals surface area (Å²) in [4.78, 5) is 28.0. The number of aromatic amines is 1. The molecule has 1 aromatic heterocycles. The van der Waals surface area contributed by atoms with Gasteiger partial charge in [-0.15, -0.1) is 0 Å². The quantitative estimate of drug-likeness (QED) is 0.460. The first-order valence-corrected chi connectivity index (χ1v) is 7.33. The smallest absolute Gasteiger partial charge is 0.330 e. The minimum absolute atomic E-state index is 0.255. The number of nitrogens with one attached hydrogen (secondary N) is 1. The number of hydrogen-bond acceptors (Lipinski definition) is 8. The van der Waals surface area contributed by atoms with Crippen LogP contribution in [-0.2, 0) is 9.47 Å². The van der Waals surface area contributed by atoms with E-state index in [4.69, 9.17) is 14.6 Å². The summed E-state index contributed by atoms with van der Waals surface area (Å²) in [6.45, 7) is 1.43. The van der Waals surface area contributed by atoms with Crippen molar-refractivity contribution in [2.24, 2.45) is 0 Å². The standard InChI is InChI=1S/C13H19N3O7/c17-6-8-9(18)10(19)12(23-8)16-5-7(11(20)14-13(16)21)15-1-3-22-4-2-15/h5,8-10,12,17-19H,1-4,6H2,(H,14,20,21)/t8-,9+,10+,12+/m0/s1. The molecule has 10 heteroatoms. The number of aliphatic hydroxyl groups is 3. The van der Waals surface area contributed by atoms with Gasteiger partial charge in [-0.2, -0.15) is 0 Å². The highest BCUT2D eigenvalue weighted by Crippen LogP contribution is 2.28. The van der Waals surface area contributed by atoms with E-state index in [9.17, 15) is 19.8 Å². The van der Waals surface area contributed by atoms with E-state index in [1.165, 1.54) is 6.20 Å². The number of aliphatic hydroxyl groups excluding tert-OH is 3. The average Bonchev–Trinajstić information content (AvgIpc) is 2.84. The zero-order chi connectivity index (χ0) is 16.6. The van der Waals surface area contributed by atoms with Gasteiger partial charge in [-0.3, -0.25) is 14.3 Å². The first-order chi connectivity index (χ1) is 11.0. The van der Waals surface area contributed by atoms with E-state index in [-0.39, 0.29) is 5.69 Å². The number of anilines is 1. The van der Waals surface area contributed by atoms with Crippen LogP contribution in [0.4, 0.5) is 5.69 Å².